The van der Waals surface area contributed by atoms with Crippen LogP contribution in [0.3, 0.4) is 0 Å². The number of rotatable bonds is 2. The monoisotopic (exact) mass is 293 g/mol. The normalized spacial score (nSPS) is 29.1. The van der Waals surface area contributed by atoms with Crippen LogP contribution in [0.5, 0.6) is 0 Å². The van der Waals surface area contributed by atoms with Crippen LogP contribution >= 0.6 is 11.6 Å². The number of hydrogen-bond acceptors (Lipinski definition) is 2. The molecule has 2 aliphatic rings. The van der Waals surface area contributed by atoms with Gasteiger partial charge in [-0.3, -0.25) is 4.79 Å². The van der Waals surface area contributed by atoms with E-state index in [0.29, 0.717) is 12.5 Å². The summed E-state index contributed by atoms with van der Waals surface area (Å²) >= 11 is 6.62. The highest BCUT2D eigenvalue weighted by Crippen LogP contribution is 2.42. The molecule has 3 atom stereocenters. The van der Waals surface area contributed by atoms with Gasteiger partial charge < -0.3 is 10.1 Å². The summed E-state index contributed by atoms with van der Waals surface area (Å²) in [5.41, 5.74) is 2.54. The number of nitrogens with one attached hydrogen (secondary N) is 1. The van der Waals surface area contributed by atoms with Crippen molar-refractivity contribution in [1.82, 2.24) is 0 Å². The minimum atomic E-state index is -0.485. The molecule has 0 aliphatic carbocycles. The molecule has 4 heteroatoms. The molecule has 0 spiro atoms. The average Bonchev–Trinajstić information content (AvgIpc) is 2.92. The van der Waals surface area contributed by atoms with Crippen molar-refractivity contribution >= 4 is 23.2 Å². The molecule has 108 valence electrons. The summed E-state index contributed by atoms with van der Waals surface area (Å²) in [6, 6.07) is 6.06. The van der Waals surface area contributed by atoms with Crippen LogP contribution in [0.1, 0.15) is 43.7 Å². The third kappa shape index (κ3) is 2.13. The van der Waals surface area contributed by atoms with Gasteiger partial charge in [-0.25, -0.2) is 0 Å². The van der Waals surface area contributed by atoms with Gasteiger partial charge in [0.1, 0.15) is 0 Å². The Morgan fingerprint density at radius 2 is 2.20 bits per heavy atom. The smallest absolute Gasteiger partial charge is 0.234 e. The molecule has 2 heterocycles. The van der Waals surface area contributed by atoms with Crippen molar-refractivity contribution in [2.75, 3.05) is 11.9 Å². The lowest BCUT2D eigenvalue weighted by molar-refractivity contribution is -0.119. The minimum absolute atomic E-state index is 0.0496. The van der Waals surface area contributed by atoms with E-state index in [1.807, 2.05) is 26.0 Å². The topological polar surface area (TPSA) is 38.3 Å². The van der Waals surface area contributed by atoms with Crippen molar-refractivity contribution in [3.63, 3.8) is 0 Å². The van der Waals surface area contributed by atoms with Crippen molar-refractivity contribution in [3.8, 4) is 0 Å². The van der Waals surface area contributed by atoms with E-state index >= 15 is 0 Å². The van der Waals surface area contributed by atoms with Gasteiger partial charge >= 0.3 is 0 Å². The molecule has 0 aromatic heterocycles. The molecule has 1 aromatic carbocycles. The van der Waals surface area contributed by atoms with E-state index in [2.05, 4.69) is 18.3 Å². The number of amides is 1. The average molecular weight is 294 g/mol. The standard InChI is InChI=1S/C16H20ClNO2/c1-9-6-11(8-20-9)14(17)10-4-5-13-12(7-10)16(2,3)15(19)18-13/h4-5,7,9,11,14H,6,8H2,1-3H3,(H,18,19). The predicted octanol–water partition coefficient (Wildman–Crippen LogP) is 3.62. The van der Waals surface area contributed by atoms with Gasteiger partial charge in [-0.2, -0.15) is 0 Å². The van der Waals surface area contributed by atoms with Crippen molar-refractivity contribution in [3.05, 3.63) is 29.3 Å². The predicted molar refractivity (Wildman–Crippen MR) is 80.2 cm³/mol. The number of ether oxygens (including phenoxy) is 1. The summed E-state index contributed by atoms with van der Waals surface area (Å²) in [7, 11) is 0. The SMILES string of the molecule is CC1CC(C(Cl)c2ccc3c(c2)C(C)(C)C(=O)N3)CO1. The second kappa shape index (κ2) is 4.74. The molecule has 0 radical (unpaired) electrons. The molecule has 1 N–H and O–H groups in total. The van der Waals surface area contributed by atoms with Gasteiger partial charge in [0.25, 0.3) is 0 Å². The number of carbonyl (C=O) groups excluding carboxylic acids is 1. The number of hydrogen-bond donors (Lipinski definition) is 1. The summed E-state index contributed by atoms with van der Waals surface area (Å²) in [6.07, 6.45) is 1.28. The molecule has 3 nitrogen and oxygen atoms in total. The van der Waals surface area contributed by atoms with Gasteiger partial charge in [0.15, 0.2) is 0 Å². The second-order valence-corrected chi connectivity index (χ2v) is 6.90. The first kappa shape index (κ1) is 13.9. The van der Waals surface area contributed by atoms with E-state index in [9.17, 15) is 4.79 Å². The Balaban J connectivity index is 1.90. The fourth-order valence-corrected chi connectivity index (χ4v) is 3.40. The maximum Gasteiger partial charge on any atom is 0.234 e. The van der Waals surface area contributed by atoms with E-state index < -0.39 is 5.41 Å². The van der Waals surface area contributed by atoms with Gasteiger partial charge in [-0.1, -0.05) is 12.1 Å². The van der Waals surface area contributed by atoms with E-state index in [1.165, 1.54) is 0 Å². The molecular weight excluding hydrogens is 274 g/mol. The number of halogens is 1. The molecule has 1 aromatic rings. The van der Waals surface area contributed by atoms with Gasteiger partial charge in [-0.05, 0) is 44.4 Å². The van der Waals surface area contributed by atoms with Crippen molar-refractivity contribution in [2.24, 2.45) is 5.92 Å². The van der Waals surface area contributed by atoms with Crippen LogP contribution in [-0.4, -0.2) is 18.6 Å². The first-order chi connectivity index (χ1) is 9.39. The van der Waals surface area contributed by atoms with Crippen LogP contribution in [0.15, 0.2) is 18.2 Å². The van der Waals surface area contributed by atoms with Crippen molar-refractivity contribution in [1.29, 1.82) is 0 Å². The molecule has 1 amide bonds. The Labute approximate surface area is 124 Å². The lowest BCUT2D eigenvalue weighted by Crippen LogP contribution is -2.27. The number of benzene rings is 1. The highest BCUT2D eigenvalue weighted by atomic mass is 35.5. The highest BCUT2D eigenvalue weighted by molar-refractivity contribution is 6.21. The summed E-state index contributed by atoms with van der Waals surface area (Å²) < 4.78 is 5.61. The first-order valence-electron chi connectivity index (χ1n) is 7.11. The highest BCUT2D eigenvalue weighted by Gasteiger charge is 2.39. The Kier molecular flexibility index (Phi) is 3.30. The van der Waals surface area contributed by atoms with Crippen molar-refractivity contribution < 1.29 is 9.53 Å². The summed E-state index contributed by atoms with van der Waals surface area (Å²) in [6.45, 7) is 6.69. The molecule has 1 saturated heterocycles. The second-order valence-electron chi connectivity index (χ2n) is 6.43. The number of carbonyl (C=O) groups is 1. The van der Waals surface area contributed by atoms with Gasteiger partial charge in [0.2, 0.25) is 5.91 Å². The zero-order chi connectivity index (χ0) is 14.5. The fraction of sp³-hybridized carbons (Fsp3) is 0.562. The Hall–Kier alpha value is -1.06. The summed E-state index contributed by atoms with van der Waals surface area (Å²) in [4.78, 5) is 12.0. The third-order valence-corrected chi connectivity index (χ3v) is 5.10. The van der Waals surface area contributed by atoms with Crippen LogP contribution in [0.2, 0.25) is 0 Å². The molecular formula is C16H20ClNO2. The van der Waals surface area contributed by atoms with Gasteiger partial charge in [-0.15, -0.1) is 11.6 Å². The van der Waals surface area contributed by atoms with Crippen LogP contribution in [0, 0.1) is 5.92 Å². The van der Waals surface area contributed by atoms with E-state index in [0.717, 1.165) is 23.2 Å². The summed E-state index contributed by atoms with van der Waals surface area (Å²) in [5, 5.41) is 2.87. The van der Waals surface area contributed by atoms with Crippen LogP contribution in [0.4, 0.5) is 5.69 Å². The maximum absolute atomic E-state index is 12.0. The van der Waals surface area contributed by atoms with E-state index in [1.54, 1.807) is 0 Å². The molecule has 20 heavy (non-hydrogen) atoms. The summed E-state index contributed by atoms with van der Waals surface area (Å²) in [5.74, 6) is 0.395. The lowest BCUT2D eigenvalue weighted by atomic mass is 9.84. The van der Waals surface area contributed by atoms with Crippen molar-refractivity contribution in [2.45, 2.75) is 44.1 Å². The molecule has 3 rings (SSSR count). The Bertz CT molecular complexity index is 555. The lowest BCUT2D eigenvalue weighted by Gasteiger charge is -2.20. The number of anilines is 1. The number of alkyl halides is 1. The Morgan fingerprint density at radius 3 is 2.85 bits per heavy atom. The molecule has 3 unspecified atom stereocenters. The zero-order valence-corrected chi connectivity index (χ0v) is 12.8. The molecule has 1 fully saturated rings. The fourth-order valence-electron chi connectivity index (χ4n) is 3.09. The minimum Gasteiger partial charge on any atom is -0.378 e. The quantitative estimate of drug-likeness (QED) is 0.846. The van der Waals surface area contributed by atoms with E-state index in [4.69, 9.17) is 16.3 Å². The molecule has 2 aliphatic heterocycles. The Morgan fingerprint density at radius 1 is 1.45 bits per heavy atom. The van der Waals surface area contributed by atoms with Gasteiger partial charge in [0, 0.05) is 11.6 Å². The van der Waals surface area contributed by atoms with Gasteiger partial charge in [0.05, 0.1) is 23.5 Å². The molecule has 0 saturated carbocycles. The molecule has 0 bridgehead atoms. The van der Waals surface area contributed by atoms with Crippen LogP contribution in [0.25, 0.3) is 0 Å². The van der Waals surface area contributed by atoms with E-state index in [-0.39, 0.29) is 17.4 Å². The van der Waals surface area contributed by atoms with Crippen LogP contribution < -0.4 is 5.32 Å². The zero-order valence-electron chi connectivity index (χ0n) is 12.1. The largest absolute Gasteiger partial charge is 0.378 e. The first-order valence-corrected chi connectivity index (χ1v) is 7.55. The number of fused-ring (bicyclic) bond motifs is 1. The third-order valence-electron chi connectivity index (χ3n) is 4.49. The maximum atomic E-state index is 12.0. The van der Waals surface area contributed by atoms with Crippen LogP contribution in [-0.2, 0) is 14.9 Å².